The second kappa shape index (κ2) is 9.74. The van der Waals surface area contributed by atoms with Gasteiger partial charge in [0.2, 0.25) is 0 Å². The van der Waals surface area contributed by atoms with E-state index in [1.165, 1.54) is 0 Å². The van der Waals surface area contributed by atoms with Gasteiger partial charge in [-0.05, 0) is 32.5 Å². The molecule has 0 saturated carbocycles. The summed E-state index contributed by atoms with van der Waals surface area (Å²) in [6.07, 6.45) is 3.02. The first kappa shape index (κ1) is 18.8. The first-order valence-corrected chi connectivity index (χ1v) is 9.68. The Hall–Kier alpha value is -0.210. The van der Waals surface area contributed by atoms with Crippen LogP contribution in [-0.2, 0) is 10.2 Å². The van der Waals surface area contributed by atoms with Crippen LogP contribution < -0.4 is 10.0 Å². The summed E-state index contributed by atoms with van der Waals surface area (Å²) in [5.41, 5.74) is 0. The lowest BCUT2D eigenvalue weighted by Crippen LogP contribution is -2.53. The van der Waals surface area contributed by atoms with E-state index in [9.17, 15) is 8.42 Å². The fourth-order valence-corrected chi connectivity index (χ4v) is 4.22. The highest BCUT2D eigenvalue weighted by atomic mass is 32.2. The summed E-state index contributed by atoms with van der Waals surface area (Å²) in [4.78, 5) is 2.22. The van der Waals surface area contributed by atoms with Crippen LogP contribution in [0.3, 0.4) is 0 Å². The zero-order valence-corrected chi connectivity index (χ0v) is 14.6. The molecule has 1 atom stereocenters. The molecular formula is C14H32N4O2S. The SMILES string of the molecule is CCNCC1CCCCN1S(=O)(=O)NCCN(CC)CC. The van der Waals surface area contributed by atoms with E-state index in [4.69, 9.17) is 0 Å². The van der Waals surface area contributed by atoms with E-state index in [0.717, 1.165) is 52.0 Å². The number of hydrogen-bond donors (Lipinski definition) is 2. The van der Waals surface area contributed by atoms with Crippen LogP contribution >= 0.6 is 0 Å². The van der Waals surface area contributed by atoms with Crippen molar-refractivity contribution >= 4 is 10.2 Å². The molecule has 0 aromatic heterocycles. The molecule has 1 heterocycles. The van der Waals surface area contributed by atoms with Crippen LogP contribution in [0, 0.1) is 0 Å². The van der Waals surface area contributed by atoms with Crippen LogP contribution in [0.15, 0.2) is 0 Å². The summed E-state index contributed by atoms with van der Waals surface area (Å²) in [6.45, 7) is 11.6. The third-order valence-corrected chi connectivity index (χ3v) is 5.79. The molecule has 0 amide bonds. The molecular weight excluding hydrogens is 288 g/mol. The Balaban J connectivity index is 2.53. The van der Waals surface area contributed by atoms with Crippen LogP contribution in [0.5, 0.6) is 0 Å². The number of hydrogen-bond acceptors (Lipinski definition) is 4. The van der Waals surface area contributed by atoms with Crippen LogP contribution in [-0.4, -0.2) is 69.5 Å². The molecule has 1 unspecified atom stereocenters. The second-order valence-corrected chi connectivity index (χ2v) is 7.20. The molecule has 1 fully saturated rings. The quantitative estimate of drug-likeness (QED) is 0.620. The predicted molar refractivity (Wildman–Crippen MR) is 87.6 cm³/mol. The largest absolute Gasteiger partial charge is 0.315 e. The number of likely N-dealkylation sites (N-methyl/N-ethyl adjacent to an activating group) is 2. The molecule has 0 radical (unpaired) electrons. The topological polar surface area (TPSA) is 64.7 Å². The molecule has 0 aromatic rings. The lowest BCUT2D eigenvalue weighted by atomic mass is 10.1. The lowest BCUT2D eigenvalue weighted by Gasteiger charge is -2.35. The highest BCUT2D eigenvalue weighted by molar-refractivity contribution is 7.87. The average Bonchev–Trinajstić information content (AvgIpc) is 2.49. The van der Waals surface area contributed by atoms with Gasteiger partial charge in [-0.1, -0.05) is 27.2 Å². The minimum absolute atomic E-state index is 0.0876. The van der Waals surface area contributed by atoms with Crippen molar-refractivity contribution in [3.8, 4) is 0 Å². The summed E-state index contributed by atoms with van der Waals surface area (Å²) in [7, 11) is -3.36. The van der Waals surface area contributed by atoms with Gasteiger partial charge in [-0.2, -0.15) is 12.7 Å². The van der Waals surface area contributed by atoms with Crippen molar-refractivity contribution in [2.45, 2.75) is 46.1 Å². The average molecular weight is 321 g/mol. The van der Waals surface area contributed by atoms with Crippen molar-refractivity contribution in [1.29, 1.82) is 0 Å². The van der Waals surface area contributed by atoms with E-state index in [0.29, 0.717) is 13.1 Å². The molecule has 7 heteroatoms. The van der Waals surface area contributed by atoms with Gasteiger partial charge < -0.3 is 10.2 Å². The number of nitrogens with zero attached hydrogens (tertiary/aromatic N) is 2. The Morgan fingerprint density at radius 3 is 2.52 bits per heavy atom. The molecule has 0 aliphatic carbocycles. The van der Waals surface area contributed by atoms with Gasteiger partial charge in [-0.15, -0.1) is 0 Å². The minimum Gasteiger partial charge on any atom is -0.315 e. The molecule has 21 heavy (non-hydrogen) atoms. The van der Waals surface area contributed by atoms with Crippen LogP contribution in [0.25, 0.3) is 0 Å². The molecule has 1 rings (SSSR count). The molecule has 1 saturated heterocycles. The highest BCUT2D eigenvalue weighted by Crippen LogP contribution is 2.19. The predicted octanol–water partition coefficient (Wildman–Crippen LogP) is 0.627. The van der Waals surface area contributed by atoms with E-state index >= 15 is 0 Å². The normalized spacial score (nSPS) is 21.0. The number of rotatable bonds is 10. The summed E-state index contributed by atoms with van der Waals surface area (Å²) in [6, 6.07) is 0.0876. The Bertz CT molecular complexity index is 371. The fraction of sp³-hybridized carbons (Fsp3) is 1.00. The van der Waals surface area contributed by atoms with E-state index in [1.807, 2.05) is 6.92 Å². The lowest BCUT2D eigenvalue weighted by molar-refractivity contribution is 0.242. The maximum absolute atomic E-state index is 12.5. The molecule has 0 bridgehead atoms. The van der Waals surface area contributed by atoms with Crippen molar-refractivity contribution in [2.75, 3.05) is 45.8 Å². The third-order valence-electron chi connectivity index (χ3n) is 4.12. The summed E-state index contributed by atoms with van der Waals surface area (Å²) < 4.78 is 29.4. The van der Waals surface area contributed by atoms with Gasteiger partial charge in [0.25, 0.3) is 10.2 Å². The minimum atomic E-state index is -3.36. The summed E-state index contributed by atoms with van der Waals surface area (Å²) in [5.74, 6) is 0. The van der Waals surface area contributed by atoms with Crippen molar-refractivity contribution in [2.24, 2.45) is 0 Å². The summed E-state index contributed by atoms with van der Waals surface area (Å²) >= 11 is 0. The number of nitrogens with one attached hydrogen (secondary N) is 2. The molecule has 0 spiro atoms. The molecule has 0 aromatic carbocycles. The van der Waals surface area contributed by atoms with Crippen molar-refractivity contribution < 1.29 is 8.42 Å². The zero-order valence-electron chi connectivity index (χ0n) is 13.8. The highest BCUT2D eigenvalue weighted by Gasteiger charge is 2.31. The van der Waals surface area contributed by atoms with Gasteiger partial charge in [0.05, 0.1) is 0 Å². The molecule has 1 aliphatic heterocycles. The van der Waals surface area contributed by atoms with E-state index in [2.05, 4.69) is 28.8 Å². The monoisotopic (exact) mass is 320 g/mol. The van der Waals surface area contributed by atoms with Gasteiger partial charge in [0.1, 0.15) is 0 Å². The second-order valence-electron chi connectivity index (χ2n) is 5.49. The van der Waals surface area contributed by atoms with Crippen LogP contribution in [0.4, 0.5) is 0 Å². The molecule has 2 N–H and O–H groups in total. The maximum Gasteiger partial charge on any atom is 0.279 e. The van der Waals surface area contributed by atoms with Gasteiger partial charge in [0, 0.05) is 32.2 Å². The third kappa shape index (κ3) is 6.20. The van der Waals surface area contributed by atoms with Gasteiger partial charge in [-0.3, -0.25) is 0 Å². The Morgan fingerprint density at radius 2 is 1.90 bits per heavy atom. The smallest absolute Gasteiger partial charge is 0.279 e. The molecule has 126 valence electrons. The molecule has 6 nitrogen and oxygen atoms in total. The Labute approximate surface area is 130 Å². The summed E-state index contributed by atoms with van der Waals surface area (Å²) in [5, 5.41) is 3.27. The maximum atomic E-state index is 12.5. The first-order valence-electron chi connectivity index (χ1n) is 8.24. The van der Waals surface area contributed by atoms with E-state index in [-0.39, 0.29) is 6.04 Å². The number of piperidine rings is 1. The van der Waals surface area contributed by atoms with Gasteiger partial charge in [0.15, 0.2) is 0 Å². The van der Waals surface area contributed by atoms with Crippen molar-refractivity contribution in [3.63, 3.8) is 0 Å². The van der Waals surface area contributed by atoms with E-state index < -0.39 is 10.2 Å². The van der Waals surface area contributed by atoms with Crippen LogP contribution in [0.2, 0.25) is 0 Å². The van der Waals surface area contributed by atoms with Crippen LogP contribution in [0.1, 0.15) is 40.0 Å². The fourth-order valence-electron chi connectivity index (χ4n) is 2.76. The van der Waals surface area contributed by atoms with Crippen molar-refractivity contribution in [1.82, 2.24) is 19.2 Å². The Kier molecular flexibility index (Phi) is 8.73. The standard InChI is InChI=1S/C14H32N4O2S/c1-4-15-13-14-9-7-8-11-18(14)21(19,20)16-10-12-17(5-2)6-3/h14-16H,4-13H2,1-3H3. The first-order chi connectivity index (χ1) is 10.0. The van der Waals surface area contributed by atoms with Crippen molar-refractivity contribution in [3.05, 3.63) is 0 Å². The van der Waals surface area contributed by atoms with Gasteiger partial charge in [-0.25, -0.2) is 4.72 Å². The zero-order chi connectivity index (χ0) is 15.7. The Morgan fingerprint density at radius 1 is 1.19 bits per heavy atom. The van der Waals surface area contributed by atoms with E-state index in [1.54, 1.807) is 4.31 Å². The van der Waals surface area contributed by atoms with Gasteiger partial charge >= 0.3 is 0 Å². The molecule has 1 aliphatic rings.